The standard InChI is InChI=1S/C32H30F2N6O3S/c1-19-9-11-23(12-10-19)44(42,43)40-18-25(24-14-20(2)15-26(33)29(24)40)30-36-17-27(34)31(39-30)37-21-6-5-7-22(16-21)38-32(41)28-8-3-4-13-35-28/h3-4,8-15,17-18,21-22H,5-7,16H2,1-2H3,(H,38,41)(H,36,37,39)/t21-,22+/m1/s1. The first-order valence-corrected chi connectivity index (χ1v) is 15.7. The van der Waals surface area contributed by atoms with E-state index in [2.05, 4.69) is 25.6 Å². The molecule has 1 amide bonds. The van der Waals surface area contributed by atoms with E-state index in [-0.39, 0.29) is 51.0 Å². The van der Waals surface area contributed by atoms with E-state index in [1.54, 1.807) is 49.5 Å². The maximum atomic E-state index is 15.4. The van der Waals surface area contributed by atoms with Gasteiger partial charge in [-0.15, -0.1) is 0 Å². The number of nitrogens with zero attached hydrogens (tertiary/aromatic N) is 4. The lowest BCUT2D eigenvalue weighted by atomic mass is 9.91. The number of nitrogens with one attached hydrogen (secondary N) is 2. The summed E-state index contributed by atoms with van der Waals surface area (Å²) in [7, 11) is -4.19. The molecule has 1 saturated carbocycles. The highest BCUT2D eigenvalue weighted by Crippen LogP contribution is 2.35. The van der Waals surface area contributed by atoms with Gasteiger partial charge in [0.1, 0.15) is 17.0 Å². The van der Waals surface area contributed by atoms with Gasteiger partial charge in [0.15, 0.2) is 17.5 Å². The highest BCUT2D eigenvalue weighted by molar-refractivity contribution is 7.90. The second kappa shape index (κ2) is 11.8. The van der Waals surface area contributed by atoms with Crippen molar-refractivity contribution in [2.75, 3.05) is 5.32 Å². The molecule has 5 aromatic rings. The van der Waals surface area contributed by atoms with Gasteiger partial charge in [-0.25, -0.2) is 31.1 Å². The van der Waals surface area contributed by atoms with Crippen molar-refractivity contribution in [3.8, 4) is 11.4 Å². The van der Waals surface area contributed by atoms with Crippen molar-refractivity contribution in [3.63, 3.8) is 0 Å². The lowest BCUT2D eigenvalue weighted by molar-refractivity contribution is 0.0921. The normalized spacial score (nSPS) is 17.0. The second-order valence-electron chi connectivity index (χ2n) is 11.1. The number of rotatable bonds is 7. The van der Waals surface area contributed by atoms with E-state index in [0.29, 0.717) is 17.7 Å². The molecule has 44 heavy (non-hydrogen) atoms. The number of fused-ring (bicyclic) bond motifs is 1. The monoisotopic (exact) mass is 616 g/mol. The molecule has 3 heterocycles. The van der Waals surface area contributed by atoms with Crippen LogP contribution in [0.1, 0.15) is 47.3 Å². The van der Waals surface area contributed by atoms with Crippen LogP contribution < -0.4 is 10.6 Å². The van der Waals surface area contributed by atoms with Crippen LogP contribution in [0.2, 0.25) is 0 Å². The molecule has 6 rings (SSSR count). The van der Waals surface area contributed by atoms with Gasteiger partial charge in [0.05, 0.1) is 11.1 Å². The van der Waals surface area contributed by atoms with Crippen LogP contribution in [0.5, 0.6) is 0 Å². The molecule has 3 aromatic heterocycles. The molecule has 0 unspecified atom stereocenters. The number of aromatic nitrogens is 4. The zero-order chi connectivity index (χ0) is 31.0. The van der Waals surface area contributed by atoms with Crippen LogP contribution in [0.4, 0.5) is 14.6 Å². The highest BCUT2D eigenvalue weighted by atomic mass is 32.2. The fourth-order valence-electron chi connectivity index (χ4n) is 5.61. The van der Waals surface area contributed by atoms with Crippen molar-refractivity contribution in [3.05, 3.63) is 102 Å². The number of halogens is 2. The second-order valence-corrected chi connectivity index (χ2v) is 12.9. The Morgan fingerprint density at radius 3 is 2.48 bits per heavy atom. The van der Waals surface area contributed by atoms with Gasteiger partial charge in [0, 0.05) is 35.4 Å². The van der Waals surface area contributed by atoms with Gasteiger partial charge in [-0.2, -0.15) is 0 Å². The fraction of sp³-hybridized carbons (Fsp3) is 0.250. The minimum atomic E-state index is -4.19. The summed E-state index contributed by atoms with van der Waals surface area (Å²) in [6.45, 7) is 3.54. The van der Waals surface area contributed by atoms with E-state index in [9.17, 15) is 13.2 Å². The summed E-state index contributed by atoms with van der Waals surface area (Å²) in [6.07, 6.45) is 6.69. The molecule has 1 aliphatic carbocycles. The Bertz CT molecular complexity index is 1960. The summed E-state index contributed by atoms with van der Waals surface area (Å²) in [5.41, 5.74) is 1.87. The van der Waals surface area contributed by atoms with Gasteiger partial charge >= 0.3 is 0 Å². The Kier molecular flexibility index (Phi) is 7.85. The van der Waals surface area contributed by atoms with E-state index in [1.165, 1.54) is 24.4 Å². The van der Waals surface area contributed by atoms with Gasteiger partial charge in [-0.3, -0.25) is 9.78 Å². The molecule has 12 heteroatoms. The maximum absolute atomic E-state index is 15.4. The zero-order valence-corrected chi connectivity index (χ0v) is 24.9. The van der Waals surface area contributed by atoms with Gasteiger partial charge in [0.25, 0.3) is 15.9 Å². The number of hydrogen-bond donors (Lipinski definition) is 2. The number of benzene rings is 2. The van der Waals surface area contributed by atoms with E-state index in [4.69, 9.17) is 0 Å². The van der Waals surface area contributed by atoms with Gasteiger partial charge in [0.2, 0.25) is 0 Å². The Labute approximate surface area is 253 Å². The Balaban J connectivity index is 1.32. The first-order valence-electron chi connectivity index (χ1n) is 14.2. The smallest absolute Gasteiger partial charge is 0.270 e. The van der Waals surface area contributed by atoms with E-state index in [0.717, 1.165) is 35.0 Å². The lowest BCUT2D eigenvalue weighted by Gasteiger charge is -2.30. The van der Waals surface area contributed by atoms with E-state index < -0.39 is 21.7 Å². The predicted molar refractivity (Wildman–Crippen MR) is 163 cm³/mol. The number of pyridine rings is 1. The van der Waals surface area contributed by atoms with Crippen LogP contribution in [-0.2, 0) is 10.0 Å². The quantitative estimate of drug-likeness (QED) is 0.238. The minimum absolute atomic E-state index is 0.00380. The number of hydrogen-bond acceptors (Lipinski definition) is 7. The summed E-state index contributed by atoms with van der Waals surface area (Å²) in [5.74, 6) is -1.70. The predicted octanol–water partition coefficient (Wildman–Crippen LogP) is 5.78. The highest BCUT2D eigenvalue weighted by Gasteiger charge is 2.28. The van der Waals surface area contributed by atoms with E-state index >= 15 is 8.78 Å². The van der Waals surface area contributed by atoms with Crippen LogP contribution in [0.3, 0.4) is 0 Å². The summed E-state index contributed by atoms with van der Waals surface area (Å²) in [4.78, 5) is 25.3. The first-order chi connectivity index (χ1) is 21.1. The summed E-state index contributed by atoms with van der Waals surface area (Å²) in [5, 5.41) is 6.44. The number of carbonyl (C=O) groups is 1. The number of amides is 1. The number of carbonyl (C=O) groups excluding carboxylic acids is 1. The molecule has 0 radical (unpaired) electrons. The molecule has 2 N–H and O–H groups in total. The number of aryl methyl sites for hydroxylation is 2. The summed E-state index contributed by atoms with van der Waals surface area (Å²) < 4.78 is 58.7. The molecule has 2 aromatic carbocycles. The molecular formula is C32H30F2N6O3S. The number of anilines is 1. The Hall–Kier alpha value is -4.71. The third kappa shape index (κ3) is 5.77. The molecule has 9 nitrogen and oxygen atoms in total. The molecule has 0 aliphatic heterocycles. The topological polar surface area (TPSA) is 119 Å². The van der Waals surface area contributed by atoms with Gasteiger partial charge in [-0.1, -0.05) is 23.8 Å². The van der Waals surface area contributed by atoms with Crippen LogP contribution >= 0.6 is 0 Å². The van der Waals surface area contributed by atoms with Crippen molar-refractivity contribution in [1.82, 2.24) is 24.2 Å². The lowest BCUT2D eigenvalue weighted by Crippen LogP contribution is -2.42. The molecular weight excluding hydrogens is 586 g/mol. The molecule has 1 aliphatic rings. The van der Waals surface area contributed by atoms with Gasteiger partial charge in [-0.05, 0) is 81.5 Å². The van der Waals surface area contributed by atoms with Crippen LogP contribution in [-0.4, -0.2) is 45.3 Å². The van der Waals surface area contributed by atoms with E-state index in [1.807, 2.05) is 6.92 Å². The van der Waals surface area contributed by atoms with Crippen molar-refractivity contribution in [2.24, 2.45) is 0 Å². The maximum Gasteiger partial charge on any atom is 0.270 e. The Morgan fingerprint density at radius 2 is 1.73 bits per heavy atom. The SMILES string of the molecule is Cc1ccc(S(=O)(=O)n2cc(-c3ncc(F)c(N[C@@H]4CCC[C@H](NC(=O)c5ccccn5)C4)n3)c3cc(C)cc(F)c32)cc1. The van der Waals surface area contributed by atoms with Crippen molar-refractivity contribution < 1.29 is 22.0 Å². The molecule has 0 saturated heterocycles. The van der Waals surface area contributed by atoms with Crippen LogP contribution in [0.15, 0.2) is 78.1 Å². The largest absolute Gasteiger partial charge is 0.365 e. The average Bonchev–Trinajstić information content (AvgIpc) is 3.40. The summed E-state index contributed by atoms with van der Waals surface area (Å²) in [6, 6.07) is 14.0. The minimum Gasteiger partial charge on any atom is -0.365 e. The van der Waals surface area contributed by atoms with Crippen molar-refractivity contribution in [2.45, 2.75) is 56.5 Å². The zero-order valence-electron chi connectivity index (χ0n) is 24.1. The molecule has 0 bridgehead atoms. The molecule has 0 spiro atoms. The van der Waals surface area contributed by atoms with Crippen molar-refractivity contribution >= 4 is 32.7 Å². The van der Waals surface area contributed by atoms with Crippen molar-refractivity contribution in [1.29, 1.82) is 0 Å². The molecule has 226 valence electrons. The first kappa shape index (κ1) is 29.4. The van der Waals surface area contributed by atoms with Crippen LogP contribution in [0, 0.1) is 25.5 Å². The van der Waals surface area contributed by atoms with Crippen LogP contribution in [0.25, 0.3) is 22.3 Å². The average molecular weight is 617 g/mol. The molecule has 2 atom stereocenters. The molecule has 1 fully saturated rings. The Morgan fingerprint density at radius 1 is 0.955 bits per heavy atom. The third-order valence-corrected chi connectivity index (χ3v) is 9.45. The van der Waals surface area contributed by atoms with Gasteiger partial charge < -0.3 is 10.6 Å². The third-order valence-electron chi connectivity index (χ3n) is 7.78. The fourth-order valence-corrected chi connectivity index (χ4v) is 6.98. The summed E-state index contributed by atoms with van der Waals surface area (Å²) >= 11 is 0.